The van der Waals surface area contributed by atoms with Gasteiger partial charge in [-0.1, -0.05) is 5.92 Å². The van der Waals surface area contributed by atoms with Gasteiger partial charge in [-0.2, -0.15) is 0 Å². The molecule has 1 fully saturated rings. The lowest BCUT2D eigenvalue weighted by Gasteiger charge is -2.37. The standard InChI is InChI=1S/C26H29N3O4S/c1-33-20-5-6-23-22(16-20)21(8-10-27-23)24(30)7-4-18-9-13-29(17-19(18)15-26(31)32)12-2-3-25-28-11-14-34-25/h5-6,8,10-11,14,16,18-19,24,30H,4,7,9,12-13,15,17H2,1H3,(H,31,32)/t18-,19+,24?/m1/s1. The first-order valence-electron chi connectivity index (χ1n) is 11.5. The number of aromatic nitrogens is 2. The summed E-state index contributed by atoms with van der Waals surface area (Å²) in [7, 11) is 1.62. The molecule has 1 aromatic carbocycles. The van der Waals surface area contributed by atoms with E-state index in [1.807, 2.05) is 29.6 Å². The number of carboxylic acids is 1. The summed E-state index contributed by atoms with van der Waals surface area (Å²) in [6.45, 7) is 2.18. The van der Waals surface area contributed by atoms with Gasteiger partial charge in [-0.25, -0.2) is 4.98 Å². The molecule has 3 heterocycles. The van der Waals surface area contributed by atoms with Crippen molar-refractivity contribution in [3.05, 3.63) is 52.6 Å². The van der Waals surface area contributed by atoms with E-state index in [0.29, 0.717) is 19.5 Å². The van der Waals surface area contributed by atoms with Crippen LogP contribution in [0.3, 0.4) is 0 Å². The normalized spacial score (nSPS) is 19.4. The Bertz CT molecular complexity index is 1170. The number of benzene rings is 1. The Morgan fingerprint density at radius 1 is 1.29 bits per heavy atom. The van der Waals surface area contributed by atoms with Crippen LogP contribution in [0.25, 0.3) is 10.9 Å². The van der Waals surface area contributed by atoms with Gasteiger partial charge in [0.2, 0.25) is 0 Å². The van der Waals surface area contributed by atoms with E-state index in [1.165, 1.54) is 11.3 Å². The SMILES string of the molecule is COc1ccc2nccc(C(O)CC[C@@H]3CCN(CC#Cc4nccs4)C[C@@H]3CC(=O)O)c2c1. The number of nitrogens with zero attached hydrogens (tertiary/aromatic N) is 3. The van der Waals surface area contributed by atoms with Crippen molar-refractivity contribution in [1.29, 1.82) is 0 Å². The van der Waals surface area contributed by atoms with Crippen molar-refractivity contribution in [2.24, 2.45) is 11.8 Å². The Hall–Kier alpha value is -2.99. The van der Waals surface area contributed by atoms with E-state index in [-0.39, 0.29) is 18.3 Å². The molecule has 2 N–H and O–H groups in total. The number of thiazole rings is 1. The zero-order valence-corrected chi connectivity index (χ0v) is 20.0. The molecule has 0 bridgehead atoms. The number of likely N-dealkylation sites (tertiary alicyclic amines) is 1. The first-order valence-corrected chi connectivity index (χ1v) is 12.3. The van der Waals surface area contributed by atoms with Gasteiger partial charge in [0, 0.05) is 36.1 Å². The summed E-state index contributed by atoms with van der Waals surface area (Å²) < 4.78 is 5.34. The molecule has 34 heavy (non-hydrogen) atoms. The molecule has 0 spiro atoms. The van der Waals surface area contributed by atoms with E-state index in [9.17, 15) is 15.0 Å². The van der Waals surface area contributed by atoms with Crippen molar-refractivity contribution in [3.63, 3.8) is 0 Å². The summed E-state index contributed by atoms with van der Waals surface area (Å²) in [5.74, 6) is 6.46. The minimum atomic E-state index is -0.779. The number of carbonyl (C=O) groups is 1. The van der Waals surface area contributed by atoms with Crippen molar-refractivity contribution in [2.45, 2.75) is 31.8 Å². The fraction of sp³-hybridized carbons (Fsp3) is 0.423. The number of fused-ring (bicyclic) bond motifs is 1. The van der Waals surface area contributed by atoms with Crippen LogP contribution in [0.5, 0.6) is 5.75 Å². The van der Waals surface area contributed by atoms with Gasteiger partial charge in [-0.05, 0) is 73.4 Å². The molecule has 1 unspecified atom stereocenters. The molecule has 1 aliphatic rings. The highest BCUT2D eigenvalue weighted by atomic mass is 32.1. The molecule has 7 nitrogen and oxygen atoms in total. The van der Waals surface area contributed by atoms with Crippen LogP contribution in [-0.2, 0) is 4.79 Å². The topological polar surface area (TPSA) is 95.8 Å². The number of piperidine rings is 1. The molecular formula is C26H29N3O4S. The second-order valence-corrected chi connectivity index (χ2v) is 9.55. The highest BCUT2D eigenvalue weighted by Gasteiger charge is 2.31. The number of hydrogen-bond acceptors (Lipinski definition) is 7. The van der Waals surface area contributed by atoms with Crippen LogP contribution in [-0.4, -0.2) is 57.8 Å². The number of carboxylic acid groups (broad SMARTS) is 1. The lowest BCUT2D eigenvalue weighted by Crippen LogP contribution is -2.41. The van der Waals surface area contributed by atoms with Crippen LogP contribution in [0, 0.1) is 23.7 Å². The summed E-state index contributed by atoms with van der Waals surface area (Å²) in [5.41, 5.74) is 1.64. The number of aliphatic carboxylic acids is 1. The van der Waals surface area contributed by atoms with Crippen LogP contribution in [0.1, 0.15) is 42.4 Å². The minimum Gasteiger partial charge on any atom is -0.497 e. The average molecular weight is 480 g/mol. The molecule has 1 aliphatic heterocycles. The Kier molecular flexibility index (Phi) is 8.12. The molecule has 4 rings (SSSR count). The van der Waals surface area contributed by atoms with E-state index >= 15 is 0 Å². The summed E-state index contributed by atoms with van der Waals surface area (Å²) in [6.07, 6.45) is 5.17. The molecule has 2 aromatic heterocycles. The average Bonchev–Trinajstić information content (AvgIpc) is 3.36. The number of pyridine rings is 1. The Labute approximate surface area is 203 Å². The summed E-state index contributed by atoms with van der Waals surface area (Å²) in [5, 5.41) is 24.1. The summed E-state index contributed by atoms with van der Waals surface area (Å²) in [4.78, 5) is 22.3. The van der Waals surface area contributed by atoms with Gasteiger partial charge < -0.3 is 14.9 Å². The van der Waals surface area contributed by atoms with Crippen molar-refractivity contribution in [2.75, 3.05) is 26.7 Å². The van der Waals surface area contributed by atoms with Crippen molar-refractivity contribution in [3.8, 4) is 17.6 Å². The van der Waals surface area contributed by atoms with Crippen LogP contribution >= 0.6 is 11.3 Å². The Morgan fingerprint density at radius 2 is 2.18 bits per heavy atom. The van der Waals surface area contributed by atoms with Gasteiger partial charge in [-0.15, -0.1) is 11.3 Å². The molecule has 3 atom stereocenters. The quantitative estimate of drug-likeness (QED) is 0.472. The molecular weight excluding hydrogens is 450 g/mol. The second-order valence-electron chi connectivity index (χ2n) is 8.66. The van der Waals surface area contributed by atoms with Crippen LogP contribution < -0.4 is 4.74 Å². The maximum atomic E-state index is 11.5. The molecule has 3 aromatic rings. The zero-order chi connectivity index (χ0) is 23.9. The predicted molar refractivity (Wildman–Crippen MR) is 132 cm³/mol. The minimum absolute atomic E-state index is 0.0365. The predicted octanol–water partition coefficient (Wildman–Crippen LogP) is 3.98. The third kappa shape index (κ3) is 6.11. The van der Waals surface area contributed by atoms with E-state index in [0.717, 1.165) is 46.6 Å². The van der Waals surface area contributed by atoms with Crippen molar-refractivity contribution in [1.82, 2.24) is 14.9 Å². The summed E-state index contributed by atoms with van der Waals surface area (Å²) >= 11 is 1.51. The summed E-state index contributed by atoms with van der Waals surface area (Å²) in [6, 6.07) is 7.50. The van der Waals surface area contributed by atoms with Crippen molar-refractivity contribution >= 4 is 28.2 Å². The number of aliphatic hydroxyl groups excluding tert-OH is 1. The van der Waals surface area contributed by atoms with Crippen molar-refractivity contribution < 1.29 is 19.7 Å². The van der Waals surface area contributed by atoms with Gasteiger partial charge in [0.1, 0.15) is 5.75 Å². The van der Waals surface area contributed by atoms with Gasteiger partial charge in [0.25, 0.3) is 0 Å². The lowest BCUT2D eigenvalue weighted by atomic mass is 9.79. The monoisotopic (exact) mass is 479 g/mol. The highest BCUT2D eigenvalue weighted by Crippen LogP contribution is 2.34. The molecule has 0 aliphatic carbocycles. The number of rotatable bonds is 8. The fourth-order valence-corrected chi connectivity index (χ4v) is 5.24. The van der Waals surface area contributed by atoms with E-state index < -0.39 is 12.1 Å². The number of aliphatic hydroxyl groups is 1. The molecule has 8 heteroatoms. The van der Waals surface area contributed by atoms with Gasteiger partial charge in [0.15, 0.2) is 5.01 Å². The van der Waals surface area contributed by atoms with E-state index in [1.54, 1.807) is 19.5 Å². The fourth-order valence-electron chi connectivity index (χ4n) is 4.74. The lowest BCUT2D eigenvalue weighted by molar-refractivity contribution is -0.139. The molecule has 0 saturated carbocycles. The largest absolute Gasteiger partial charge is 0.497 e. The van der Waals surface area contributed by atoms with Gasteiger partial charge in [-0.3, -0.25) is 14.7 Å². The van der Waals surface area contributed by atoms with Gasteiger partial charge in [0.05, 0.1) is 25.3 Å². The maximum Gasteiger partial charge on any atom is 0.303 e. The van der Waals surface area contributed by atoms with Crippen LogP contribution in [0.4, 0.5) is 0 Å². The Morgan fingerprint density at radius 3 is 2.94 bits per heavy atom. The second kappa shape index (κ2) is 11.4. The van der Waals surface area contributed by atoms with E-state index in [4.69, 9.17) is 4.74 Å². The first-order chi connectivity index (χ1) is 16.5. The Balaban J connectivity index is 1.39. The van der Waals surface area contributed by atoms with Crippen LogP contribution in [0.15, 0.2) is 42.0 Å². The third-order valence-electron chi connectivity index (χ3n) is 6.49. The van der Waals surface area contributed by atoms with Crippen LogP contribution in [0.2, 0.25) is 0 Å². The highest BCUT2D eigenvalue weighted by molar-refractivity contribution is 7.10. The zero-order valence-electron chi connectivity index (χ0n) is 19.2. The molecule has 178 valence electrons. The number of methoxy groups -OCH3 is 1. The number of hydrogen-bond donors (Lipinski definition) is 2. The van der Waals surface area contributed by atoms with Gasteiger partial charge >= 0.3 is 5.97 Å². The van der Waals surface area contributed by atoms with E-state index in [2.05, 4.69) is 26.7 Å². The maximum absolute atomic E-state index is 11.5. The smallest absolute Gasteiger partial charge is 0.303 e. The number of ether oxygens (including phenoxy) is 1. The third-order valence-corrected chi connectivity index (χ3v) is 7.18. The molecule has 0 amide bonds. The molecule has 1 saturated heterocycles. The first kappa shape index (κ1) is 24.1. The molecule has 0 radical (unpaired) electrons.